The van der Waals surface area contributed by atoms with Gasteiger partial charge in [-0.15, -0.1) is 0 Å². The van der Waals surface area contributed by atoms with E-state index in [1.165, 1.54) is 77.0 Å². The number of aliphatic imine (C=N–C) groups is 1. The molecule has 0 aromatic carbocycles. The van der Waals surface area contributed by atoms with Gasteiger partial charge in [0.05, 0.1) is 12.0 Å². The topological polar surface area (TPSA) is 44.7 Å². The second-order valence-corrected chi connectivity index (χ2v) is 8.69. The van der Waals surface area contributed by atoms with Crippen LogP contribution in [0.3, 0.4) is 0 Å². The minimum Gasteiger partial charge on any atom is -0.339 e. The lowest BCUT2D eigenvalue weighted by atomic mass is 9.93. The van der Waals surface area contributed by atoms with Crippen LogP contribution in [0.1, 0.15) is 97.8 Å². The van der Waals surface area contributed by atoms with Gasteiger partial charge in [0.1, 0.15) is 0 Å². The first-order valence-electron chi connectivity index (χ1n) is 11.6. The molecule has 1 N–H and O–H groups in total. The van der Waals surface area contributed by atoms with Gasteiger partial charge in [0.2, 0.25) is 5.91 Å². The fourth-order valence-corrected chi connectivity index (χ4v) is 3.68. The van der Waals surface area contributed by atoms with Crippen molar-refractivity contribution in [2.24, 2.45) is 10.4 Å². The molecule has 1 amide bonds. The van der Waals surface area contributed by atoms with E-state index in [9.17, 15) is 4.79 Å². The molecule has 27 heavy (non-hydrogen) atoms. The fourth-order valence-electron chi connectivity index (χ4n) is 3.68. The van der Waals surface area contributed by atoms with E-state index < -0.39 is 5.41 Å². The zero-order chi connectivity index (χ0) is 19.8. The molecule has 0 unspecified atom stereocenters. The first-order chi connectivity index (χ1) is 13.1. The number of nitrogens with one attached hydrogen (secondary N) is 1. The molecule has 0 aromatic rings. The van der Waals surface area contributed by atoms with E-state index >= 15 is 0 Å². The largest absolute Gasteiger partial charge is 0.339 e. The van der Waals surface area contributed by atoms with Crippen LogP contribution in [0.15, 0.2) is 4.99 Å². The van der Waals surface area contributed by atoms with E-state index in [2.05, 4.69) is 17.2 Å². The van der Waals surface area contributed by atoms with E-state index in [1.54, 1.807) is 0 Å². The maximum atomic E-state index is 12.5. The Bertz CT molecular complexity index is 406. The molecule has 1 heterocycles. The molecule has 1 rings (SSSR count). The smallest absolute Gasteiger partial charge is 0.233 e. The molecule has 0 atom stereocenters. The van der Waals surface area contributed by atoms with Crippen molar-refractivity contribution >= 4 is 12.1 Å². The molecule has 0 aromatic heterocycles. The Morgan fingerprint density at radius 1 is 0.926 bits per heavy atom. The number of carbonyl (C=O) groups excluding carboxylic acids is 1. The first-order valence-corrected chi connectivity index (χ1v) is 11.6. The van der Waals surface area contributed by atoms with Crippen LogP contribution in [-0.4, -0.2) is 49.7 Å². The summed E-state index contributed by atoms with van der Waals surface area (Å²) in [5, 5.41) is 3.50. The van der Waals surface area contributed by atoms with Gasteiger partial charge in [-0.3, -0.25) is 9.79 Å². The van der Waals surface area contributed by atoms with Gasteiger partial charge in [-0.25, -0.2) is 0 Å². The lowest BCUT2D eigenvalue weighted by molar-refractivity contribution is -0.136. The van der Waals surface area contributed by atoms with E-state index in [0.29, 0.717) is 0 Å². The summed E-state index contributed by atoms with van der Waals surface area (Å²) >= 11 is 0. The Labute approximate surface area is 168 Å². The third kappa shape index (κ3) is 11.5. The van der Waals surface area contributed by atoms with E-state index in [0.717, 1.165) is 32.7 Å². The molecule has 158 valence electrons. The summed E-state index contributed by atoms with van der Waals surface area (Å²) in [5.74, 6) is 0.205. The van der Waals surface area contributed by atoms with Gasteiger partial charge >= 0.3 is 0 Å². The average molecular weight is 380 g/mol. The lowest BCUT2D eigenvalue weighted by Gasteiger charge is -2.27. The van der Waals surface area contributed by atoms with Crippen molar-refractivity contribution in [3.8, 4) is 0 Å². The average Bonchev–Trinajstić information content (AvgIpc) is 2.77. The molecule has 0 fully saturated rings. The van der Waals surface area contributed by atoms with Gasteiger partial charge in [-0.05, 0) is 26.8 Å². The van der Waals surface area contributed by atoms with Crippen molar-refractivity contribution in [3.63, 3.8) is 0 Å². The minimum atomic E-state index is -0.452. The molecule has 4 nitrogen and oxygen atoms in total. The monoisotopic (exact) mass is 379 g/mol. The minimum absolute atomic E-state index is 0.205. The zero-order valence-corrected chi connectivity index (χ0v) is 18.4. The summed E-state index contributed by atoms with van der Waals surface area (Å²) in [5.41, 5.74) is -0.452. The molecule has 0 bridgehead atoms. The summed E-state index contributed by atoms with van der Waals surface area (Å²) in [4.78, 5) is 18.8. The summed E-state index contributed by atoms with van der Waals surface area (Å²) in [6.07, 6.45) is 18.5. The summed E-state index contributed by atoms with van der Waals surface area (Å²) < 4.78 is 0. The predicted molar refractivity (Wildman–Crippen MR) is 118 cm³/mol. The Hall–Kier alpha value is -0.900. The highest BCUT2D eigenvalue weighted by Crippen LogP contribution is 2.18. The van der Waals surface area contributed by atoms with Gasteiger partial charge in [0, 0.05) is 25.8 Å². The fraction of sp³-hybridized carbons (Fsp3) is 0.913. The predicted octanol–water partition coefficient (Wildman–Crippen LogP) is 5.22. The van der Waals surface area contributed by atoms with Crippen LogP contribution in [0.5, 0.6) is 0 Å². The number of unbranched alkanes of at least 4 members (excludes halogenated alkanes) is 11. The van der Waals surface area contributed by atoms with Crippen molar-refractivity contribution in [2.75, 3.05) is 32.7 Å². The SMILES string of the molecule is CCCCCCCCCCCCCCNCCN1CCN=CC(C)(C)C1=O. The second kappa shape index (κ2) is 15.1. The first kappa shape index (κ1) is 24.1. The highest BCUT2D eigenvalue weighted by molar-refractivity contribution is 5.98. The van der Waals surface area contributed by atoms with Crippen LogP contribution in [0, 0.1) is 5.41 Å². The molecule has 1 aliphatic heterocycles. The van der Waals surface area contributed by atoms with Gasteiger partial charge in [-0.1, -0.05) is 77.6 Å². The molecular formula is C23H45N3O. The summed E-state index contributed by atoms with van der Waals surface area (Å²) in [7, 11) is 0. The van der Waals surface area contributed by atoms with Crippen LogP contribution in [0.25, 0.3) is 0 Å². The van der Waals surface area contributed by atoms with E-state index in [1.807, 2.05) is 25.0 Å². The van der Waals surface area contributed by atoms with Gasteiger partial charge < -0.3 is 10.2 Å². The normalized spacial score (nSPS) is 16.7. The third-order valence-electron chi connectivity index (χ3n) is 5.52. The van der Waals surface area contributed by atoms with Crippen molar-refractivity contribution in [2.45, 2.75) is 97.8 Å². The maximum absolute atomic E-state index is 12.5. The van der Waals surface area contributed by atoms with Crippen LogP contribution < -0.4 is 5.32 Å². The van der Waals surface area contributed by atoms with Crippen molar-refractivity contribution in [1.29, 1.82) is 0 Å². The van der Waals surface area contributed by atoms with Crippen molar-refractivity contribution in [1.82, 2.24) is 10.2 Å². The molecule has 0 spiro atoms. The summed E-state index contributed by atoms with van der Waals surface area (Å²) in [6.45, 7) is 10.4. The number of amides is 1. The molecular weight excluding hydrogens is 334 g/mol. The molecule has 1 aliphatic rings. The second-order valence-electron chi connectivity index (χ2n) is 8.69. The van der Waals surface area contributed by atoms with Gasteiger partial charge in [0.15, 0.2) is 0 Å². The molecule has 4 heteroatoms. The van der Waals surface area contributed by atoms with Crippen LogP contribution in [0.4, 0.5) is 0 Å². The standard InChI is InChI=1S/C23H45N3O/c1-4-5-6-7-8-9-10-11-12-13-14-15-16-24-17-19-26-20-18-25-21-23(2,3)22(26)27/h21,24H,4-20H2,1-3H3. The van der Waals surface area contributed by atoms with E-state index in [4.69, 9.17) is 0 Å². The van der Waals surface area contributed by atoms with E-state index in [-0.39, 0.29) is 5.91 Å². The molecule has 0 saturated carbocycles. The number of nitrogens with zero attached hydrogens (tertiary/aromatic N) is 2. The number of hydrogen-bond donors (Lipinski definition) is 1. The van der Waals surface area contributed by atoms with Crippen molar-refractivity contribution < 1.29 is 4.79 Å². The van der Waals surface area contributed by atoms with Crippen LogP contribution >= 0.6 is 0 Å². The lowest BCUT2D eigenvalue weighted by Crippen LogP contribution is -2.44. The quantitative estimate of drug-likeness (QED) is 0.374. The van der Waals surface area contributed by atoms with Gasteiger partial charge in [-0.2, -0.15) is 0 Å². The van der Waals surface area contributed by atoms with Crippen molar-refractivity contribution in [3.05, 3.63) is 0 Å². The maximum Gasteiger partial charge on any atom is 0.233 e. The van der Waals surface area contributed by atoms with Gasteiger partial charge in [0.25, 0.3) is 0 Å². The third-order valence-corrected chi connectivity index (χ3v) is 5.52. The highest BCUT2D eigenvalue weighted by atomic mass is 16.2. The Morgan fingerprint density at radius 2 is 1.48 bits per heavy atom. The number of rotatable bonds is 16. The Kier molecular flexibility index (Phi) is 13.5. The summed E-state index contributed by atoms with van der Waals surface area (Å²) in [6, 6.07) is 0. The molecule has 0 aliphatic carbocycles. The Balaban J connectivity index is 1.87. The van der Waals surface area contributed by atoms with Crippen LogP contribution in [-0.2, 0) is 4.79 Å². The number of carbonyl (C=O) groups is 1. The molecule has 0 radical (unpaired) electrons. The zero-order valence-electron chi connectivity index (χ0n) is 18.4. The molecule has 0 saturated heterocycles. The number of hydrogen-bond acceptors (Lipinski definition) is 3. The Morgan fingerprint density at radius 3 is 2.07 bits per heavy atom. The van der Waals surface area contributed by atoms with Crippen LogP contribution in [0.2, 0.25) is 0 Å². The highest BCUT2D eigenvalue weighted by Gasteiger charge is 2.31.